The lowest BCUT2D eigenvalue weighted by molar-refractivity contribution is -0.147. The van der Waals surface area contributed by atoms with Crippen LogP contribution in [0.1, 0.15) is 91.8 Å². The predicted octanol–water partition coefficient (Wildman–Crippen LogP) is 1.75. The third kappa shape index (κ3) is 28.4. The smallest absolute Gasteiger partial charge is 0.305 e. The number of aromatic nitrogens is 4. The molecule has 118 heavy (non-hydrogen) atoms. The number of H-pyrrole nitrogens is 3. The molecule has 0 radical (unpaired) electrons. The molecule has 636 valence electrons. The Hall–Kier alpha value is -11.0. The van der Waals surface area contributed by atoms with Crippen LogP contribution in [0.3, 0.4) is 0 Å². The van der Waals surface area contributed by atoms with Gasteiger partial charge in [0, 0.05) is 127 Å². The van der Waals surface area contributed by atoms with Gasteiger partial charge < -0.3 is 108 Å². The number of aliphatic carboxylic acids is 1. The number of amides is 11. The number of carbonyl (C=O) groups is 12. The molecule has 0 aliphatic carbocycles. The average molecular weight is 1680 g/mol. The number of phenols is 1. The molecule has 38 heteroatoms. The Morgan fingerprint density at radius 3 is 1.80 bits per heavy atom. The molecule has 11 amide bonds. The van der Waals surface area contributed by atoms with Gasteiger partial charge in [-0.3, -0.25) is 57.5 Å². The van der Waals surface area contributed by atoms with E-state index in [0.717, 1.165) is 17.2 Å². The van der Waals surface area contributed by atoms with E-state index >= 15 is 28.0 Å². The van der Waals surface area contributed by atoms with E-state index in [1.807, 2.05) is 24.3 Å². The lowest BCUT2D eigenvalue weighted by Gasteiger charge is -2.37. The number of phenolic OH excluding ortho intramolecular Hbond substituents is 1. The number of benzene rings is 4. The summed E-state index contributed by atoms with van der Waals surface area (Å²) in [6.45, 7) is 3.97. The molecule has 0 spiro atoms. The maximum atomic E-state index is 15.3. The number of rotatable bonds is 30. The first-order valence-electron chi connectivity index (χ1n) is 38.8. The maximum Gasteiger partial charge on any atom is 0.305 e. The van der Waals surface area contributed by atoms with E-state index in [9.17, 15) is 48.6 Å². The number of imidazole rings is 1. The van der Waals surface area contributed by atoms with Crippen molar-refractivity contribution in [2.45, 2.75) is 143 Å². The number of fused-ring (bicyclic) bond motifs is 5. The number of halogens is 2. The summed E-state index contributed by atoms with van der Waals surface area (Å²) in [6, 6.07) is 9.53. The number of ether oxygens (including phenoxy) is 4. The van der Waals surface area contributed by atoms with Crippen LogP contribution in [0.4, 0.5) is 8.78 Å². The molecule has 1 saturated heterocycles. The summed E-state index contributed by atoms with van der Waals surface area (Å²) in [5.41, 5.74) is 13.4. The molecule has 5 heterocycles. The fraction of sp³-hybridized carbons (Fsp3) is 0.463. The minimum atomic E-state index is -2.08. The van der Waals surface area contributed by atoms with Crippen molar-refractivity contribution in [1.29, 1.82) is 0 Å². The SMILES string of the molecule is C[C@@]12CCCN1C(=O)[C@H](Cc1ccc(O)cc1)NC(=O)[C@H](Cc1cnc[nH]1)NC(=O)[C@H](CC(=O)O)NC(=O)[C@H](Cc1c[nH]c3ccc(F)cc13)NC(=O)[C@H](Cc1c[nH]c3ccc(F)cc13)NC(=O)CNC(=O)[C@H](CCCCNC(=O)CCOCCOCCOCCOCCN)NC(=O)CCSCc1cccc(c1)CSCC(C(N)=O)NC2=O. The average Bonchev–Trinajstić information content (AvgIpc) is 1.60. The van der Waals surface area contributed by atoms with Gasteiger partial charge in [0.1, 0.15) is 65.2 Å². The van der Waals surface area contributed by atoms with Crippen molar-refractivity contribution in [1.82, 2.24) is 72.7 Å². The van der Waals surface area contributed by atoms with Gasteiger partial charge in [-0.05, 0) is 115 Å². The molecule has 2 bridgehead atoms. The number of thioether (sulfide) groups is 2. The number of nitrogens with one attached hydrogen (secondary N) is 12. The van der Waals surface area contributed by atoms with Gasteiger partial charge in [-0.25, -0.2) is 13.8 Å². The van der Waals surface area contributed by atoms with Crippen LogP contribution in [-0.4, -0.2) is 244 Å². The number of aromatic amines is 3. The van der Waals surface area contributed by atoms with Gasteiger partial charge in [0.25, 0.3) is 0 Å². The highest BCUT2D eigenvalue weighted by Gasteiger charge is 2.49. The van der Waals surface area contributed by atoms with E-state index < -0.39 is 157 Å². The quantitative estimate of drug-likeness (QED) is 0.0285. The first-order valence-corrected chi connectivity index (χ1v) is 41.1. The first kappa shape index (κ1) is 90.9. The number of hydrogen-bond donors (Lipinski definition) is 16. The van der Waals surface area contributed by atoms with E-state index in [-0.39, 0.29) is 111 Å². The van der Waals surface area contributed by atoms with E-state index in [1.165, 1.54) is 115 Å². The Balaban J connectivity index is 0.986. The molecular weight excluding hydrogens is 1580 g/mol. The van der Waals surface area contributed by atoms with Gasteiger partial charge in [-0.15, -0.1) is 0 Å². The molecule has 3 aromatic heterocycles. The van der Waals surface area contributed by atoms with Crippen molar-refractivity contribution < 1.29 is 95.5 Å². The minimum absolute atomic E-state index is 0.0000842. The highest BCUT2D eigenvalue weighted by Crippen LogP contribution is 2.32. The van der Waals surface area contributed by atoms with Crippen LogP contribution >= 0.6 is 23.5 Å². The molecule has 2 aliphatic rings. The van der Waals surface area contributed by atoms with Gasteiger partial charge >= 0.3 is 5.97 Å². The summed E-state index contributed by atoms with van der Waals surface area (Å²) in [6.07, 6.45) is 3.83. The molecular formula is C80H102F2N16O18S2. The molecule has 8 atom stereocenters. The lowest BCUT2D eigenvalue weighted by Crippen LogP contribution is -2.63. The third-order valence-corrected chi connectivity index (χ3v) is 21.8. The Bertz CT molecular complexity index is 4580. The number of carboxylic acid groups (broad SMARTS) is 1. The minimum Gasteiger partial charge on any atom is -0.508 e. The number of aromatic hydroxyl groups is 1. The molecule has 0 saturated carbocycles. The molecule has 9 rings (SSSR count). The Morgan fingerprint density at radius 1 is 0.627 bits per heavy atom. The molecule has 7 aromatic rings. The third-order valence-electron chi connectivity index (χ3n) is 19.7. The molecule has 18 N–H and O–H groups in total. The van der Waals surface area contributed by atoms with Gasteiger partial charge in [-0.2, -0.15) is 23.5 Å². The number of nitrogens with two attached hydrogens (primary N) is 2. The van der Waals surface area contributed by atoms with Gasteiger partial charge in [0.05, 0.1) is 72.1 Å². The van der Waals surface area contributed by atoms with Crippen molar-refractivity contribution in [3.8, 4) is 5.75 Å². The van der Waals surface area contributed by atoms with Crippen LogP contribution in [-0.2, 0) is 114 Å². The van der Waals surface area contributed by atoms with E-state index in [2.05, 4.69) is 67.8 Å². The van der Waals surface area contributed by atoms with Crippen molar-refractivity contribution in [3.05, 3.63) is 155 Å². The fourth-order valence-electron chi connectivity index (χ4n) is 13.4. The summed E-state index contributed by atoms with van der Waals surface area (Å²) < 4.78 is 51.8. The number of carboxylic acids is 1. The van der Waals surface area contributed by atoms with Gasteiger partial charge in [-0.1, -0.05) is 36.4 Å². The number of nitrogens with zero attached hydrogens (tertiary/aromatic N) is 2. The van der Waals surface area contributed by atoms with Gasteiger partial charge in [0.15, 0.2) is 0 Å². The van der Waals surface area contributed by atoms with Crippen LogP contribution in [0.15, 0.2) is 110 Å². The van der Waals surface area contributed by atoms with E-state index in [1.54, 1.807) is 0 Å². The summed E-state index contributed by atoms with van der Waals surface area (Å²) in [7, 11) is 0. The fourth-order valence-corrected chi connectivity index (χ4v) is 15.3. The van der Waals surface area contributed by atoms with E-state index in [4.69, 9.17) is 30.4 Å². The van der Waals surface area contributed by atoms with Crippen LogP contribution < -0.4 is 59.3 Å². The predicted molar refractivity (Wildman–Crippen MR) is 433 cm³/mol. The topological polar surface area (TPSA) is 506 Å². The molecule has 1 unspecified atom stereocenters. The number of hydrogen-bond acceptors (Lipinski definition) is 21. The Labute approximate surface area is 687 Å². The maximum absolute atomic E-state index is 15.3. The highest BCUT2D eigenvalue weighted by molar-refractivity contribution is 7.98. The lowest BCUT2D eigenvalue weighted by atomic mass is 9.95. The van der Waals surface area contributed by atoms with Crippen molar-refractivity contribution in [2.75, 3.05) is 90.5 Å². The second-order valence-electron chi connectivity index (χ2n) is 28.6. The first-order chi connectivity index (χ1) is 56.8. The summed E-state index contributed by atoms with van der Waals surface area (Å²) in [4.78, 5) is 186. The highest BCUT2D eigenvalue weighted by atomic mass is 32.2. The normalized spacial score (nSPS) is 21.1. The van der Waals surface area contributed by atoms with Crippen LogP contribution in [0.5, 0.6) is 5.75 Å². The van der Waals surface area contributed by atoms with E-state index in [0.29, 0.717) is 91.7 Å². The molecule has 34 nitrogen and oxygen atoms in total. The van der Waals surface area contributed by atoms with Crippen LogP contribution in [0, 0.1) is 11.6 Å². The van der Waals surface area contributed by atoms with Crippen LogP contribution in [0.25, 0.3) is 21.8 Å². The van der Waals surface area contributed by atoms with Gasteiger partial charge in [0.2, 0.25) is 65.0 Å². The molecule has 1 fully saturated rings. The monoisotopic (exact) mass is 1680 g/mol. The summed E-state index contributed by atoms with van der Waals surface area (Å²) >= 11 is 2.74. The van der Waals surface area contributed by atoms with Crippen LogP contribution in [0.2, 0.25) is 0 Å². The zero-order valence-electron chi connectivity index (χ0n) is 65.3. The standard InChI is InChI=1S/C80H102F2N16O18S2/c1-80-19-5-22-98(80)78(111)66(33-48-9-13-56(99)14-10-48)96-76(109)64(38-55-42-85-47-90-55)94-77(110)65(39-71(103)104)95-75(108)63(35-52-41-88-60-16-12-54(82)37-58(52)60)93-74(107)62(34-51-40-87-59-15-11-53(81)36-57(51)59)92-70(102)43-89-73(106)61(8-2-3-21-86-68(100)17-23-113-25-27-115-29-30-116-28-26-114-24-20-83)91-69(101)18-31-117-44-49-6-4-7-50(32-49)45-118-46-67(72(84)105)97-79(80)112/h4,6-7,9-16,32,36-37,40-42,47,61-67,87-88,99H,2-3,5,8,17-31,33-35,38-39,43-46,83H2,1H3,(H2,84,105)(H,85,90)(H,86,100)(H,89,106)(H,91,101)(H,92,102)(H,93,107)(H,94,110)(H,95,108)(H,96,109)(H,97,112)(H,103,104)/t61-,62-,63-,64-,65-,66-,67?,80-/m0/s1. The second kappa shape index (κ2) is 46.2. The Kier molecular flexibility index (Phi) is 35.6. The zero-order valence-corrected chi connectivity index (χ0v) is 66.9. The summed E-state index contributed by atoms with van der Waals surface area (Å²) in [5, 5.41) is 45.1. The summed E-state index contributed by atoms with van der Waals surface area (Å²) in [5.74, 6) is -11.5. The zero-order chi connectivity index (χ0) is 84.5. The molecule has 2 aliphatic heterocycles. The second-order valence-corrected chi connectivity index (χ2v) is 30.8. The number of unbranched alkanes of at least 4 members (excludes halogenated alkanes) is 1. The van der Waals surface area contributed by atoms with Crippen molar-refractivity contribution in [2.24, 2.45) is 11.5 Å². The van der Waals surface area contributed by atoms with Crippen molar-refractivity contribution in [3.63, 3.8) is 0 Å². The molecule has 4 aromatic carbocycles. The largest absolute Gasteiger partial charge is 0.508 e. The number of primary amides is 1. The number of carbonyl (C=O) groups excluding carboxylic acids is 11. The Morgan fingerprint density at radius 2 is 1.19 bits per heavy atom. The van der Waals surface area contributed by atoms with Crippen molar-refractivity contribution >= 4 is 116 Å².